The molecule has 0 aliphatic rings. The van der Waals surface area contributed by atoms with Gasteiger partial charge >= 0.3 is 39.5 Å². The average Bonchev–Trinajstić information content (AvgIpc) is 3.70. The first-order chi connectivity index (χ1) is 41.7. The van der Waals surface area contributed by atoms with Crippen LogP contribution in [0.2, 0.25) is 0 Å². The molecule has 19 heteroatoms. The molecule has 0 aliphatic heterocycles. The maximum atomic E-state index is 13.0. The molecule has 0 aliphatic carbocycles. The van der Waals surface area contributed by atoms with E-state index in [1.165, 1.54) is 128 Å². The molecule has 0 amide bonds. The van der Waals surface area contributed by atoms with E-state index in [0.29, 0.717) is 31.6 Å². The van der Waals surface area contributed by atoms with Crippen molar-refractivity contribution >= 4 is 39.5 Å². The van der Waals surface area contributed by atoms with E-state index in [9.17, 15) is 43.2 Å². The van der Waals surface area contributed by atoms with Gasteiger partial charge < -0.3 is 33.8 Å². The smallest absolute Gasteiger partial charge is 0.462 e. The van der Waals surface area contributed by atoms with Gasteiger partial charge in [0, 0.05) is 25.7 Å². The minimum atomic E-state index is -4.95. The SMILES string of the molecule is CCC(C)CCCCCCCCCCC(=O)OC[C@H](COP(=O)(O)OC[C@@H](O)COP(=O)(O)OC[C@@H](COC(=O)CCCCCCCCC(C)CC)OC(=O)CCCCCCCCCC(C)C)OC(=O)CCCCCCCCCCCCCCC(C)C. The number of carbonyl (C=O) groups is 4. The Morgan fingerprint density at radius 1 is 0.322 bits per heavy atom. The van der Waals surface area contributed by atoms with E-state index in [-0.39, 0.29) is 25.7 Å². The zero-order valence-electron chi connectivity index (χ0n) is 56.6. The normalized spacial score (nSPS) is 15.0. The number of hydrogen-bond donors (Lipinski definition) is 3. The molecule has 0 saturated carbocycles. The van der Waals surface area contributed by atoms with Crippen LogP contribution < -0.4 is 0 Å². The van der Waals surface area contributed by atoms with Gasteiger partial charge in [0.1, 0.15) is 19.3 Å². The predicted molar refractivity (Wildman–Crippen MR) is 349 cm³/mol. The van der Waals surface area contributed by atoms with Crippen LogP contribution in [0.25, 0.3) is 0 Å². The van der Waals surface area contributed by atoms with Crippen LogP contribution in [0.15, 0.2) is 0 Å². The topological polar surface area (TPSA) is 237 Å². The monoisotopic (exact) mass is 1280 g/mol. The van der Waals surface area contributed by atoms with E-state index < -0.39 is 97.5 Å². The van der Waals surface area contributed by atoms with Crippen molar-refractivity contribution in [3.63, 3.8) is 0 Å². The van der Waals surface area contributed by atoms with Gasteiger partial charge in [0.05, 0.1) is 26.4 Å². The number of hydrogen-bond acceptors (Lipinski definition) is 15. The first-order valence-electron chi connectivity index (χ1n) is 35.3. The van der Waals surface area contributed by atoms with Crippen LogP contribution in [0.3, 0.4) is 0 Å². The molecular formula is C68H132O17P2. The van der Waals surface area contributed by atoms with Crippen LogP contribution in [-0.4, -0.2) is 96.7 Å². The van der Waals surface area contributed by atoms with Crippen molar-refractivity contribution in [2.75, 3.05) is 39.6 Å². The van der Waals surface area contributed by atoms with E-state index in [1.54, 1.807) is 0 Å². The number of phosphoric ester groups is 2. The molecule has 0 aromatic carbocycles. The van der Waals surface area contributed by atoms with E-state index >= 15 is 0 Å². The third kappa shape index (κ3) is 60.1. The lowest BCUT2D eigenvalue weighted by molar-refractivity contribution is -0.161. The molecule has 0 fully saturated rings. The number of unbranched alkanes of at least 4 members (excludes halogenated alkanes) is 29. The number of esters is 4. The third-order valence-electron chi connectivity index (χ3n) is 16.3. The molecule has 0 aromatic heterocycles. The Morgan fingerprint density at radius 2 is 0.552 bits per heavy atom. The van der Waals surface area contributed by atoms with Crippen molar-refractivity contribution in [2.45, 2.75) is 350 Å². The molecule has 3 N–H and O–H groups in total. The number of aliphatic hydroxyl groups is 1. The largest absolute Gasteiger partial charge is 0.472 e. The van der Waals surface area contributed by atoms with Crippen molar-refractivity contribution < 1.29 is 80.2 Å². The highest BCUT2D eigenvalue weighted by atomic mass is 31.2. The standard InChI is InChI=1S/C68H132O17P2/c1-9-60(7)46-38-30-22-17-18-23-32-40-48-65(70)78-54-63(84-67(72)50-42-34-24-16-14-12-11-13-15-20-28-36-44-58(3)4)56-82-86(74,75)80-52-62(69)53-81-87(76,77)83-57-64(85-68(73)51-43-35-25-19-21-29-37-45-59(5)6)55-79-66(71)49-41-33-27-26-31-39-47-61(8)10-2/h58-64,69H,9-57H2,1-8H3,(H,74,75)(H,76,77)/t60?,61?,62-,63-,64-/m1/s1. The van der Waals surface area contributed by atoms with Gasteiger partial charge in [-0.2, -0.15) is 0 Å². The lowest BCUT2D eigenvalue weighted by Crippen LogP contribution is -2.30. The Morgan fingerprint density at radius 3 is 0.816 bits per heavy atom. The second kappa shape index (κ2) is 57.9. The van der Waals surface area contributed by atoms with Gasteiger partial charge in [-0.3, -0.25) is 37.3 Å². The highest BCUT2D eigenvalue weighted by Gasteiger charge is 2.30. The molecule has 0 aromatic rings. The van der Waals surface area contributed by atoms with E-state index in [1.807, 2.05) is 0 Å². The first-order valence-corrected chi connectivity index (χ1v) is 38.3. The van der Waals surface area contributed by atoms with Gasteiger partial charge in [-0.1, -0.05) is 280 Å². The zero-order valence-corrected chi connectivity index (χ0v) is 58.4. The van der Waals surface area contributed by atoms with Gasteiger partial charge in [0.2, 0.25) is 0 Å². The Labute approximate surface area is 530 Å². The first kappa shape index (κ1) is 85.1. The van der Waals surface area contributed by atoms with Gasteiger partial charge in [-0.15, -0.1) is 0 Å². The molecule has 87 heavy (non-hydrogen) atoms. The molecule has 7 atom stereocenters. The van der Waals surface area contributed by atoms with Crippen LogP contribution in [0.4, 0.5) is 0 Å². The number of ether oxygens (including phenoxy) is 4. The van der Waals surface area contributed by atoms with Gasteiger partial charge in [-0.25, -0.2) is 9.13 Å². The van der Waals surface area contributed by atoms with Crippen LogP contribution in [0.1, 0.15) is 331 Å². The Kier molecular flexibility index (Phi) is 56.6. The van der Waals surface area contributed by atoms with Crippen molar-refractivity contribution in [1.82, 2.24) is 0 Å². The summed E-state index contributed by atoms with van der Waals surface area (Å²) in [4.78, 5) is 72.4. The average molecular weight is 1280 g/mol. The fraction of sp³-hybridized carbons (Fsp3) is 0.941. The van der Waals surface area contributed by atoms with Gasteiger partial charge in [-0.05, 0) is 49.4 Å². The molecular weight excluding hydrogens is 1150 g/mol. The van der Waals surface area contributed by atoms with Crippen LogP contribution in [0, 0.1) is 23.7 Å². The fourth-order valence-electron chi connectivity index (χ4n) is 10.1. The number of carbonyl (C=O) groups excluding carboxylic acids is 4. The maximum absolute atomic E-state index is 13.0. The highest BCUT2D eigenvalue weighted by molar-refractivity contribution is 7.47. The van der Waals surface area contributed by atoms with E-state index in [0.717, 1.165) is 114 Å². The Hall–Kier alpha value is -1.94. The second-order valence-corrected chi connectivity index (χ2v) is 28.9. The molecule has 0 rings (SSSR count). The molecule has 516 valence electrons. The summed E-state index contributed by atoms with van der Waals surface area (Å²) in [5.41, 5.74) is 0. The molecule has 0 saturated heterocycles. The van der Waals surface area contributed by atoms with Crippen LogP contribution >= 0.6 is 15.6 Å². The summed E-state index contributed by atoms with van der Waals surface area (Å²) in [6, 6.07) is 0. The second-order valence-electron chi connectivity index (χ2n) is 26.0. The van der Waals surface area contributed by atoms with Gasteiger partial charge in [0.25, 0.3) is 0 Å². The Balaban J connectivity index is 5.26. The van der Waals surface area contributed by atoms with Gasteiger partial charge in [0.15, 0.2) is 12.2 Å². The summed E-state index contributed by atoms with van der Waals surface area (Å²) in [6.07, 6.45) is 39.0. The molecule has 4 unspecified atom stereocenters. The Bertz CT molecular complexity index is 1730. The van der Waals surface area contributed by atoms with Crippen molar-refractivity contribution in [3.05, 3.63) is 0 Å². The van der Waals surface area contributed by atoms with Crippen molar-refractivity contribution in [3.8, 4) is 0 Å². The van der Waals surface area contributed by atoms with E-state index in [4.69, 9.17) is 37.0 Å². The number of aliphatic hydroxyl groups excluding tert-OH is 1. The van der Waals surface area contributed by atoms with Crippen molar-refractivity contribution in [2.24, 2.45) is 23.7 Å². The highest BCUT2D eigenvalue weighted by Crippen LogP contribution is 2.45. The van der Waals surface area contributed by atoms with E-state index in [2.05, 4.69) is 55.4 Å². The fourth-order valence-corrected chi connectivity index (χ4v) is 11.7. The quantitative estimate of drug-likeness (QED) is 0.0222. The summed E-state index contributed by atoms with van der Waals surface area (Å²) >= 11 is 0. The molecule has 0 heterocycles. The van der Waals surface area contributed by atoms with Crippen LogP contribution in [-0.2, 0) is 65.4 Å². The molecule has 0 spiro atoms. The lowest BCUT2D eigenvalue weighted by atomic mass is 9.99. The molecule has 0 bridgehead atoms. The maximum Gasteiger partial charge on any atom is 0.472 e. The summed E-state index contributed by atoms with van der Waals surface area (Å²) in [6.45, 7) is 14.0. The summed E-state index contributed by atoms with van der Waals surface area (Å²) < 4.78 is 68.2. The minimum absolute atomic E-state index is 0.102. The third-order valence-corrected chi connectivity index (χ3v) is 18.2. The summed E-state index contributed by atoms with van der Waals surface area (Å²) in [7, 11) is -9.90. The summed E-state index contributed by atoms with van der Waals surface area (Å²) in [5.74, 6) is 0.846. The molecule has 0 radical (unpaired) electrons. The minimum Gasteiger partial charge on any atom is -0.462 e. The lowest BCUT2D eigenvalue weighted by Gasteiger charge is -2.21. The number of rotatable bonds is 65. The predicted octanol–water partition coefficient (Wildman–Crippen LogP) is 18.9. The number of phosphoric acid groups is 2. The van der Waals surface area contributed by atoms with Crippen LogP contribution in [0.5, 0.6) is 0 Å². The molecule has 17 nitrogen and oxygen atoms in total. The van der Waals surface area contributed by atoms with Crippen molar-refractivity contribution in [1.29, 1.82) is 0 Å². The zero-order chi connectivity index (χ0) is 64.7. The summed E-state index contributed by atoms with van der Waals surface area (Å²) in [5, 5.41) is 10.6.